The largest absolute Gasteiger partial charge is 0.481 e. The van der Waals surface area contributed by atoms with E-state index in [1.165, 1.54) is 0 Å². The molecule has 6 nitrogen and oxygen atoms in total. The number of likely N-dealkylation sites (tertiary alicyclic amines) is 1. The highest BCUT2D eigenvalue weighted by Gasteiger charge is 2.45. The summed E-state index contributed by atoms with van der Waals surface area (Å²) in [6.07, 6.45) is 3.62. The van der Waals surface area contributed by atoms with E-state index in [1.807, 2.05) is 6.92 Å². The number of carboxylic acid groups (broad SMARTS) is 1. The smallest absolute Gasteiger partial charge is 0.307 e. The number of rotatable bonds is 3. The van der Waals surface area contributed by atoms with E-state index in [0.29, 0.717) is 32.4 Å². The lowest BCUT2D eigenvalue weighted by molar-refractivity contribution is -0.152. The number of carbonyl (C=O) groups is 3. The normalized spacial score (nSPS) is 32.8. The van der Waals surface area contributed by atoms with Gasteiger partial charge in [0.15, 0.2) is 0 Å². The standard InChI is InChI=1S/C15H24N2O4/c1-15(14(21)16-2)7-8-17(9-15)12(18)10-5-3-4-6-11(10)13(19)20/h10-11H,3-9H2,1-2H3,(H,16,21)(H,19,20). The lowest BCUT2D eigenvalue weighted by Gasteiger charge is -2.31. The molecule has 2 N–H and O–H groups in total. The van der Waals surface area contributed by atoms with E-state index in [2.05, 4.69) is 5.32 Å². The van der Waals surface area contributed by atoms with Gasteiger partial charge in [-0.2, -0.15) is 0 Å². The molecule has 1 heterocycles. The van der Waals surface area contributed by atoms with Gasteiger partial charge in [0, 0.05) is 20.1 Å². The average Bonchev–Trinajstić information content (AvgIpc) is 2.89. The Labute approximate surface area is 124 Å². The third kappa shape index (κ3) is 3.04. The molecule has 1 aliphatic heterocycles. The van der Waals surface area contributed by atoms with Crippen molar-refractivity contribution >= 4 is 17.8 Å². The highest BCUT2D eigenvalue weighted by Crippen LogP contribution is 2.36. The van der Waals surface area contributed by atoms with Gasteiger partial charge in [0.2, 0.25) is 11.8 Å². The lowest BCUT2D eigenvalue weighted by Crippen LogP contribution is -2.44. The van der Waals surface area contributed by atoms with E-state index in [0.717, 1.165) is 12.8 Å². The molecule has 3 atom stereocenters. The van der Waals surface area contributed by atoms with E-state index in [-0.39, 0.29) is 11.8 Å². The van der Waals surface area contributed by atoms with Crippen LogP contribution >= 0.6 is 0 Å². The van der Waals surface area contributed by atoms with Crippen LogP contribution in [0.15, 0.2) is 0 Å². The van der Waals surface area contributed by atoms with Crippen LogP contribution in [-0.2, 0) is 14.4 Å². The Hall–Kier alpha value is -1.59. The SMILES string of the molecule is CNC(=O)C1(C)CCN(C(=O)C2CCCCC2C(=O)O)C1. The number of carbonyl (C=O) groups excluding carboxylic acids is 2. The Morgan fingerprint density at radius 2 is 1.81 bits per heavy atom. The summed E-state index contributed by atoms with van der Waals surface area (Å²) < 4.78 is 0. The summed E-state index contributed by atoms with van der Waals surface area (Å²) in [7, 11) is 1.60. The van der Waals surface area contributed by atoms with Gasteiger partial charge in [-0.25, -0.2) is 0 Å². The van der Waals surface area contributed by atoms with Crippen LogP contribution in [0.5, 0.6) is 0 Å². The number of hydrogen-bond acceptors (Lipinski definition) is 3. The molecule has 0 aromatic rings. The summed E-state index contributed by atoms with van der Waals surface area (Å²) in [6, 6.07) is 0. The number of amides is 2. The molecule has 21 heavy (non-hydrogen) atoms. The second-order valence-electron chi connectivity index (χ2n) is 6.49. The summed E-state index contributed by atoms with van der Waals surface area (Å²) >= 11 is 0. The first-order chi connectivity index (χ1) is 9.89. The molecule has 0 aromatic heterocycles. The molecule has 118 valence electrons. The van der Waals surface area contributed by atoms with Crippen molar-refractivity contribution in [3.8, 4) is 0 Å². The highest BCUT2D eigenvalue weighted by atomic mass is 16.4. The van der Waals surface area contributed by atoms with Gasteiger partial charge in [0.1, 0.15) is 0 Å². The molecule has 3 unspecified atom stereocenters. The Morgan fingerprint density at radius 1 is 1.19 bits per heavy atom. The van der Waals surface area contributed by atoms with Crippen LogP contribution in [0.3, 0.4) is 0 Å². The second kappa shape index (κ2) is 6.03. The molecule has 0 radical (unpaired) electrons. The summed E-state index contributed by atoms with van der Waals surface area (Å²) in [5.41, 5.74) is -0.558. The minimum absolute atomic E-state index is 0.0590. The Balaban J connectivity index is 2.07. The topological polar surface area (TPSA) is 86.7 Å². The van der Waals surface area contributed by atoms with Crippen molar-refractivity contribution in [3.63, 3.8) is 0 Å². The third-order valence-corrected chi connectivity index (χ3v) is 4.96. The molecule has 2 fully saturated rings. The zero-order valence-corrected chi connectivity index (χ0v) is 12.7. The first kappa shape index (κ1) is 15.8. The minimum atomic E-state index is -0.874. The van der Waals surface area contributed by atoms with Crippen LogP contribution in [0.4, 0.5) is 0 Å². The molecule has 2 aliphatic rings. The summed E-state index contributed by atoms with van der Waals surface area (Å²) in [6.45, 7) is 2.77. The fourth-order valence-corrected chi connectivity index (χ4v) is 3.59. The summed E-state index contributed by atoms with van der Waals surface area (Å²) in [4.78, 5) is 37.6. The molecule has 2 amide bonds. The van der Waals surface area contributed by atoms with E-state index in [1.54, 1.807) is 11.9 Å². The van der Waals surface area contributed by atoms with E-state index < -0.39 is 23.2 Å². The number of nitrogens with one attached hydrogen (secondary N) is 1. The lowest BCUT2D eigenvalue weighted by atomic mass is 9.78. The summed E-state index contributed by atoms with van der Waals surface area (Å²) in [5, 5.41) is 11.9. The van der Waals surface area contributed by atoms with Crippen molar-refractivity contribution in [2.75, 3.05) is 20.1 Å². The van der Waals surface area contributed by atoms with Crippen LogP contribution in [0.2, 0.25) is 0 Å². The van der Waals surface area contributed by atoms with E-state index >= 15 is 0 Å². The zero-order chi connectivity index (χ0) is 15.6. The average molecular weight is 296 g/mol. The minimum Gasteiger partial charge on any atom is -0.481 e. The second-order valence-corrected chi connectivity index (χ2v) is 6.49. The first-order valence-electron chi connectivity index (χ1n) is 7.63. The predicted octanol–water partition coefficient (Wildman–Crippen LogP) is 0.862. The van der Waals surface area contributed by atoms with Gasteiger partial charge in [0.25, 0.3) is 0 Å². The quantitative estimate of drug-likeness (QED) is 0.809. The number of aliphatic carboxylic acids is 1. The van der Waals surface area contributed by atoms with Crippen LogP contribution in [0.25, 0.3) is 0 Å². The van der Waals surface area contributed by atoms with E-state index in [9.17, 15) is 19.5 Å². The number of carboxylic acids is 1. The maximum Gasteiger partial charge on any atom is 0.307 e. The molecule has 0 aromatic carbocycles. The van der Waals surface area contributed by atoms with Crippen molar-refractivity contribution in [2.45, 2.75) is 39.0 Å². The van der Waals surface area contributed by atoms with Crippen molar-refractivity contribution in [1.82, 2.24) is 10.2 Å². The Morgan fingerprint density at radius 3 is 2.38 bits per heavy atom. The van der Waals surface area contributed by atoms with Gasteiger partial charge in [0.05, 0.1) is 17.3 Å². The number of hydrogen-bond donors (Lipinski definition) is 2. The van der Waals surface area contributed by atoms with Crippen LogP contribution in [0, 0.1) is 17.3 Å². The van der Waals surface area contributed by atoms with Crippen molar-refractivity contribution in [3.05, 3.63) is 0 Å². The monoisotopic (exact) mass is 296 g/mol. The molecule has 1 aliphatic carbocycles. The van der Waals surface area contributed by atoms with Crippen LogP contribution in [0.1, 0.15) is 39.0 Å². The maximum absolute atomic E-state index is 12.6. The number of nitrogens with zero attached hydrogens (tertiary/aromatic N) is 1. The first-order valence-corrected chi connectivity index (χ1v) is 7.63. The van der Waals surface area contributed by atoms with Crippen molar-refractivity contribution < 1.29 is 19.5 Å². The fraction of sp³-hybridized carbons (Fsp3) is 0.800. The van der Waals surface area contributed by atoms with Crippen LogP contribution < -0.4 is 5.32 Å². The van der Waals surface area contributed by atoms with Gasteiger partial charge in [-0.1, -0.05) is 12.8 Å². The van der Waals surface area contributed by atoms with E-state index in [4.69, 9.17) is 0 Å². The van der Waals surface area contributed by atoms with Crippen LogP contribution in [-0.4, -0.2) is 47.9 Å². The third-order valence-electron chi connectivity index (χ3n) is 4.96. The molecule has 0 bridgehead atoms. The Bertz CT molecular complexity index is 451. The fourth-order valence-electron chi connectivity index (χ4n) is 3.59. The maximum atomic E-state index is 12.6. The molecular formula is C15H24N2O4. The van der Waals surface area contributed by atoms with Crippen molar-refractivity contribution in [1.29, 1.82) is 0 Å². The molecule has 1 saturated carbocycles. The Kier molecular flexibility index (Phi) is 4.54. The molecule has 6 heteroatoms. The van der Waals surface area contributed by atoms with Gasteiger partial charge >= 0.3 is 5.97 Å². The molecule has 1 saturated heterocycles. The van der Waals surface area contributed by atoms with Gasteiger partial charge in [-0.3, -0.25) is 14.4 Å². The van der Waals surface area contributed by atoms with Gasteiger partial charge < -0.3 is 15.3 Å². The molecule has 0 spiro atoms. The highest BCUT2D eigenvalue weighted by molar-refractivity contribution is 5.87. The van der Waals surface area contributed by atoms with Gasteiger partial charge in [-0.15, -0.1) is 0 Å². The summed E-state index contributed by atoms with van der Waals surface area (Å²) in [5.74, 6) is -2.02. The van der Waals surface area contributed by atoms with Gasteiger partial charge in [-0.05, 0) is 26.2 Å². The molecule has 2 rings (SSSR count). The zero-order valence-electron chi connectivity index (χ0n) is 12.7. The van der Waals surface area contributed by atoms with Crippen molar-refractivity contribution in [2.24, 2.45) is 17.3 Å². The molecular weight excluding hydrogens is 272 g/mol. The predicted molar refractivity (Wildman–Crippen MR) is 76.5 cm³/mol.